The molecule has 174 valence electrons. The fourth-order valence-corrected chi connectivity index (χ4v) is 4.19. The van der Waals surface area contributed by atoms with Crippen molar-refractivity contribution in [3.05, 3.63) is 96.1 Å². The Kier molecular flexibility index (Phi) is 6.29. The van der Waals surface area contributed by atoms with E-state index in [1.54, 1.807) is 6.07 Å². The van der Waals surface area contributed by atoms with Crippen LogP contribution < -0.4 is 10.6 Å². The van der Waals surface area contributed by atoms with Crippen LogP contribution in [0.15, 0.2) is 89.3 Å². The SMILES string of the molecule is CC[C@@H](C)c1ccc2oc(-c3ccc(NC(=S)NC(=O)c4ccc5ccccc5c4)cc3)nc2c1. The molecule has 0 aliphatic heterocycles. The van der Waals surface area contributed by atoms with E-state index in [4.69, 9.17) is 16.6 Å². The highest BCUT2D eigenvalue weighted by molar-refractivity contribution is 7.80. The topological polar surface area (TPSA) is 67.2 Å². The van der Waals surface area contributed by atoms with Crippen LogP contribution in [0.2, 0.25) is 0 Å². The van der Waals surface area contributed by atoms with Crippen LogP contribution >= 0.6 is 12.2 Å². The van der Waals surface area contributed by atoms with E-state index < -0.39 is 0 Å². The molecule has 0 aliphatic rings. The first kappa shape index (κ1) is 22.7. The van der Waals surface area contributed by atoms with Gasteiger partial charge in [0.25, 0.3) is 5.91 Å². The molecule has 0 fully saturated rings. The summed E-state index contributed by atoms with van der Waals surface area (Å²) in [7, 11) is 0. The molecule has 0 spiro atoms. The molecule has 0 saturated heterocycles. The summed E-state index contributed by atoms with van der Waals surface area (Å²) in [6, 6.07) is 27.3. The Balaban J connectivity index is 1.25. The number of nitrogens with zero attached hydrogens (tertiary/aromatic N) is 1. The Morgan fingerprint density at radius 3 is 2.51 bits per heavy atom. The van der Waals surface area contributed by atoms with Crippen LogP contribution in [0.4, 0.5) is 5.69 Å². The molecule has 0 unspecified atom stereocenters. The molecular weight excluding hydrogens is 454 g/mol. The Morgan fingerprint density at radius 2 is 1.74 bits per heavy atom. The Bertz CT molecular complexity index is 1540. The maximum Gasteiger partial charge on any atom is 0.257 e. The lowest BCUT2D eigenvalue weighted by Gasteiger charge is -2.10. The van der Waals surface area contributed by atoms with Gasteiger partial charge in [0, 0.05) is 16.8 Å². The van der Waals surface area contributed by atoms with Crippen molar-refractivity contribution in [1.82, 2.24) is 10.3 Å². The van der Waals surface area contributed by atoms with Crippen LogP contribution in [0.25, 0.3) is 33.3 Å². The summed E-state index contributed by atoms with van der Waals surface area (Å²) >= 11 is 5.35. The maximum absolute atomic E-state index is 12.6. The number of nitrogens with one attached hydrogen (secondary N) is 2. The molecule has 35 heavy (non-hydrogen) atoms. The second-order valence-electron chi connectivity index (χ2n) is 8.60. The Morgan fingerprint density at radius 1 is 0.971 bits per heavy atom. The van der Waals surface area contributed by atoms with Crippen molar-refractivity contribution in [2.45, 2.75) is 26.2 Å². The normalized spacial score (nSPS) is 11.9. The van der Waals surface area contributed by atoms with Gasteiger partial charge >= 0.3 is 0 Å². The van der Waals surface area contributed by atoms with Crippen LogP contribution in [0.1, 0.15) is 42.1 Å². The molecule has 1 heterocycles. The monoisotopic (exact) mass is 479 g/mol. The smallest absolute Gasteiger partial charge is 0.257 e. The van der Waals surface area contributed by atoms with Crippen LogP contribution in [-0.2, 0) is 0 Å². The average Bonchev–Trinajstić information content (AvgIpc) is 3.31. The van der Waals surface area contributed by atoms with Gasteiger partial charge in [0.2, 0.25) is 5.89 Å². The maximum atomic E-state index is 12.6. The molecule has 5 aromatic rings. The molecule has 1 atom stereocenters. The van der Waals surface area contributed by atoms with Gasteiger partial charge in [-0.3, -0.25) is 10.1 Å². The van der Waals surface area contributed by atoms with Gasteiger partial charge in [-0.2, -0.15) is 0 Å². The summed E-state index contributed by atoms with van der Waals surface area (Å²) in [5.74, 6) is 0.795. The molecule has 2 N–H and O–H groups in total. The summed E-state index contributed by atoms with van der Waals surface area (Å²) < 4.78 is 5.96. The van der Waals surface area contributed by atoms with Crippen molar-refractivity contribution < 1.29 is 9.21 Å². The summed E-state index contributed by atoms with van der Waals surface area (Å²) in [6.45, 7) is 4.39. The second-order valence-corrected chi connectivity index (χ2v) is 9.01. The predicted octanol–water partition coefficient (Wildman–Crippen LogP) is 7.29. The number of benzene rings is 4. The Hall–Kier alpha value is -4.03. The van der Waals surface area contributed by atoms with Crippen LogP contribution in [0.3, 0.4) is 0 Å². The molecule has 0 bridgehead atoms. The van der Waals surface area contributed by atoms with Gasteiger partial charge in [-0.25, -0.2) is 4.98 Å². The highest BCUT2D eigenvalue weighted by atomic mass is 32.1. The number of thiocarbonyl (C=S) groups is 1. The summed E-state index contributed by atoms with van der Waals surface area (Å²) in [6.07, 6.45) is 1.08. The minimum absolute atomic E-state index is 0.232. The number of hydrogen-bond donors (Lipinski definition) is 2. The molecule has 5 rings (SSSR count). The molecule has 0 saturated carbocycles. The fraction of sp³-hybridized carbons (Fsp3) is 0.138. The number of rotatable bonds is 5. The van der Waals surface area contributed by atoms with E-state index in [2.05, 4.69) is 41.6 Å². The minimum atomic E-state index is -0.256. The summed E-state index contributed by atoms with van der Waals surface area (Å²) in [5, 5.41) is 8.12. The number of fused-ring (bicyclic) bond motifs is 2. The number of anilines is 1. The molecule has 0 radical (unpaired) electrons. The number of oxazole rings is 1. The average molecular weight is 480 g/mol. The quantitative estimate of drug-likeness (QED) is 0.259. The van der Waals surface area contributed by atoms with Gasteiger partial charge in [-0.15, -0.1) is 0 Å². The van der Waals surface area contributed by atoms with Crippen molar-refractivity contribution in [1.29, 1.82) is 0 Å². The molecule has 1 aromatic heterocycles. The largest absolute Gasteiger partial charge is 0.436 e. The zero-order valence-electron chi connectivity index (χ0n) is 19.5. The van der Waals surface area contributed by atoms with E-state index in [0.717, 1.165) is 39.5 Å². The van der Waals surface area contributed by atoms with E-state index in [-0.39, 0.29) is 11.0 Å². The van der Waals surface area contributed by atoms with Gasteiger partial charge in [-0.1, -0.05) is 50.2 Å². The van der Waals surface area contributed by atoms with E-state index in [1.807, 2.05) is 66.7 Å². The molecule has 4 aromatic carbocycles. The third-order valence-corrected chi connectivity index (χ3v) is 6.43. The van der Waals surface area contributed by atoms with Gasteiger partial charge in [0.15, 0.2) is 10.7 Å². The zero-order chi connectivity index (χ0) is 24.4. The molecule has 5 nitrogen and oxygen atoms in total. The number of amides is 1. The highest BCUT2D eigenvalue weighted by Crippen LogP contribution is 2.28. The second kappa shape index (κ2) is 9.68. The number of carbonyl (C=O) groups is 1. The first-order valence-electron chi connectivity index (χ1n) is 11.6. The van der Waals surface area contributed by atoms with Gasteiger partial charge in [0.05, 0.1) is 0 Å². The summed E-state index contributed by atoms with van der Waals surface area (Å²) in [4.78, 5) is 17.3. The molecular formula is C29H25N3O2S. The number of aromatic nitrogens is 1. The van der Waals surface area contributed by atoms with E-state index >= 15 is 0 Å². The van der Waals surface area contributed by atoms with Crippen molar-refractivity contribution in [3.63, 3.8) is 0 Å². The molecule has 6 heteroatoms. The standard InChI is InChI=1S/C29H25N3O2S/c1-3-18(2)21-12-15-26-25(17-21)31-28(34-26)20-10-13-24(14-11-20)30-29(35)32-27(33)23-9-8-19-6-4-5-7-22(19)16-23/h4-18H,3H2,1-2H3,(H2,30,32,33,35)/t18-/m1/s1. The van der Waals surface area contributed by atoms with Crippen molar-refractivity contribution in [2.75, 3.05) is 5.32 Å². The molecule has 0 aliphatic carbocycles. The number of carbonyl (C=O) groups excluding carboxylic acids is 1. The van der Waals surface area contributed by atoms with Crippen LogP contribution in [0, 0.1) is 0 Å². The van der Waals surface area contributed by atoms with E-state index in [0.29, 0.717) is 17.4 Å². The van der Waals surface area contributed by atoms with Gasteiger partial charge < -0.3 is 9.73 Å². The summed E-state index contributed by atoms with van der Waals surface area (Å²) in [5.41, 5.74) is 5.06. The van der Waals surface area contributed by atoms with Crippen molar-refractivity contribution in [2.24, 2.45) is 0 Å². The van der Waals surface area contributed by atoms with Crippen LogP contribution in [0.5, 0.6) is 0 Å². The van der Waals surface area contributed by atoms with Crippen LogP contribution in [-0.4, -0.2) is 16.0 Å². The Labute approximate surface area is 209 Å². The lowest BCUT2D eigenvalue weighted by molar-refractivity contribution is 0.0978. The number of hydrogen-bond acceptors (Lipinski definition) is 4. The fourth-order valence-electron chi connectivity index (χ4n) is 3.97. The minimum Gasteiger partial charge on any atom is -0.436 e. The predicted molar refractivity (Wildman–Crippen MR) is 146 cm³/mol. The third-order valence-electron chi connectivity index (χ3n) is 6.22. The van der Waals surface area contributed by atoms with Gasteiger partial charge in [-0.05, 0) is 89.4 Å². The van der Waals surface area contributed by atoms with Gasteiger partial charge in [0.1, 0.15) is 5.52 Å². The lowest BCUT2D eigenvalue weighted by Crippen LogP contribution is -2.34. The zero-order valence-corrected chi connectivity index (χ0v) is 20.4. The highest BCUT2D eigenvalue weighted by Gasteiger charge is 2.12. The first-order chi connectivity index (χ1) is 17.0. The van der Waals surface area contributed by atoms with Crippen molar-refractivity contribution >= 4 is 50.8 Å². The molecule has 1 amide bonds. The first-order valence-corrected chi connectivity index (χ1v) is 12.0. The lowest BCUT2D eigenvalue weighted by atomic mass is 9.98. The third kappa shape index (κ3) is 4.93. The van der Waals surface area contributed by atoms with Crippen molar-refractivity contribution in [3.8, 4) is 11.5 Å². The van der Waals surface area contributed by atoms with E-state index in [9.17, 15) is 4.79 Å². The van der Waals surface area contributed by atoms with E-state index in [1.165, 1.54) is 5.56 Å².